The summed E-state index contributed by atoms with van der Waals surface area (Å²) in [6, 6.07) is 5.86. The van der Waals surface area contributed by atoms with Crippen LogP contribution in [0.5, 0.6) is 0 Å². The molecule has 2 rings (SSSR count). The van der Waals surface area contributed by atoms with Crippen LogP contribution in [0.3, 0.4) is 0 Å². The van der Waals surface area contributed by atoms with Gasteiger partial charge >= 0.3 is 0 Å². The zero-order chi connectivity index (χ0) is 16.7. The van der Waals surface area contributed by atoms with Crippen LogP contribution in [0.15, 0.2) is 53.5 Å². The first-order valence-electron chi connectivity index (χ1n) is 7.40. The Hall–Kier alpha value is -1.96. The van der Waals surface area contributed by atoms with Gasteiger partial charge in [-0.15, -0.1) is 6.58 Å². The van der Waals surface area contributed by atoms with Crippen molar-refractivity contribution in [2.75, 3.05) is 26.2 Å². The van der Waals surface area contributed by atoms with Crippen LogP contribution in [0, 0.1) is 0 Å². The molecule has 1 aliphatic rings. The summed E-state index contributed by atoms with van der Waals surface area (Å²) in [4.78, 5) is 12.2. The second-order valence-corrected chi connectivity index (χ2v) is 6.93. The molecular weight excluding hydrogens is 314 g/mol. The SMILES string of the molecule is C=CCNS(=O)(=O)c1ccc(C(=O)NCC2=CCNCC2)cc1. The second-order valence-electron chi connectivity index (χ2n) is 5.16. The zero-order valence-corrected chi connectivity index (χ0v) is 13.7. The first kappa shape index (κ1) is 17.4. The Kier molecular flexibility index (Phi) is 6.09. The Bertz CT molecular complexity index is 694. The molecule has 3 N–H and O–H groups in total. The molecule has 23 heavy (non-hydrogen) atoms. The van der Waals surface area contributed by atoms with Gasteiger partial charge in [-0.25, -0.2) is 13.1 Å². The molecular formula is C16H21N3O3S. The molecule has 1 aliphatic heterocycles. The highest BCUT2D eigenvalue weighted by atomic mass is 32.2. The fourth-order valence-corrected chi connectivity index (χ4v) is 3.16. The average Bonchev–Trinajstić information content (AvgIpc) is 2.59. The number of hydrogen-bond acceptors (Lipinski definition) is 4. The van der Waals surface area contributed by atoms with Crippen LogP contribution in [-0.2, 0) is 10.0 Å². The molecule has 0 aromatic heterocycles. The van der Waals surface area contributed by atoms with Crippen molar-refractivity contribution < 1.29 is 13.2 Å². The average molecular weight is 335 g/mol. The van der Waals surface area contributed by atoms with E-state index in [1.807, 2.05) is 0 Å². The van der Waals surface area contributed by atoms with Gasteiger partial charge in [0.05, 0.1) is 4.90 Å². The van der Waals surface area contributed by atoms with Gasteiger partial charge in [-0.2, -0.15) is 0 Å². The molecule has 0 fully saturated rings. The summed E-state index contributed by atoms with van der Waals surface area (Å²) >= 11 is 0. The summed E-state index contributed by atoms with van der Waals surface area (Å²) in [7, 11) is -3.56. The fourth-order valence-electron chi connectivity index (χ4n) is 2.16. The molecule has 124 valence electrons. The Balaban J connectivity index is 1.97. The van der Waals surface area contributed by atoms with E-state index in [-0.39, 0.29) is 17.3 Å². The Morgan fingerprint density at radius 1 is 1.30 bits per heavy atom. The molecule has 0 unspecified atom stereocenters. The van der Waals surface area contributed by atoms with E-state index in [1.165, 1.54) is 35.9 Å². The highest BCUT2D eigenvalue weighted by Gasteiger charge is 2.14. The third kappa shape index (κ3) is 5.02. The molecule has 1 heterocycles. The van der Waals surface area contributed by atoms with Gasteiger partial charge in [0.25, 0.3) is 5.91 Å². The number of sulfonamides is 1. The molecule has 0 spiro atoms. The molecule has 1 aromatic carbocycles. The van der Waals surface area contributed by atoms with Gasteiger partial charge in [0.1, 0.15) is 0 Å². The predicted molar refractivity (Wildman–Crippen MR) is 89.7 cm³/mol. The summed E-state index contributed by atoms with van der Waals surface area (Å²) in [5, 5.41) is 6.06. The second kappa shape index (κ2) is 8.05. The van der Waals surface area contributed by atoms with Gasteiger partial charge < -0.3 is 10.6 Å². The topological polar surface area (TPSA) is 87.3 Å². The number of hydrogen-bond donors (Lipinski definition) is 3. The lowest BCUT2D eigenvalue weighted by Gasteiger charge is -2.14. The van der Waals surface area contributed by atoms with Gasteiger partial charge in [0.15, 0.2) is 0 Å². The van der Waals surface area contributed by atoms with Crippen molar-refractivity contribution in [1.29, 1.82) is 0 Å². The Labute approximate surface area is 136 Å². The van der Waals surface area contributed by atoms with Gasteiger partial charge in [-0.3, -0.25) is 4.79 Å². The lowest BCUT2D eigenvalue weighted by atomic mass is 10.1. The maximum absolute atomic E-state index is 12.1. The Morgan fingerprint density at radius 3 is 2.65 bits per heavy atom. The van der Waals surface area contributed by atoms with Crippen molar-refractivity contribution in [3.05, 3.63) is 54.1 Å². The number of rotatable bonds is 7. The first-order chi connectivity index (χ1) is 11.0. The molecule has 0 aliphatic carbocycles. The van der Waals surface area contributed by atoms with E-state index >= 15 is 0 Å². The predicted octanol–water partition coefficient (Wildman–Crippen LogP) is 0.800. The third-order valence-corrected chi connectivity index (χ3v) is 4.92. The molecule has 7 heteroatoms. The number of amides is 1. The van der Waals surface area contributed by atoms with Crippen molar-refractivity contribution in [3.63, 3.8) is 0 Å². The fraction of sp³-hybridized carbons (Fsp3) is 0.312. The van der Waals surface area contributed by atoms with Gasteiger partial charge in [-0.1, -0.05) is 17.7 Å². The standard InChI is InChI=1S/C16H21N3O3S/c1-2-9-19-23(21,22)15-5-3-14(4-6-15)16(20)18-12-13-7-10-17-11-8-13/h2-7,17,19H,1,8-12H2,(H,18,20). The summed E-state index contributed by atoms with van der Waals surface area (Å²) in [6.07, 6.45) is 4.46. The molecule has 0 saturated heterocycles. The lowest BCUT2D eigenvalue weighted by Crippen LogP contribution is -2.29. The van der Waals surface area contributed by atoms with Crippen LogP contribution in [0.4, 0.5) is 0 Å². The van der Waals surface area contributed by atoms with Crippen LogP contribution >= 0.6 is 0 Å². The normalized spacial score (nSPS) is 14.9. The molecule has 0 saturated carbocycles. The number of benzene rings is 1. The molecule has 0 atom stereocenters. The van der Waals surface area contributed by atoms with E-state index in [1.54, 1.807) is 0 Å². The zero-order valence-electron chi connectivity index (χ0n) is 12.8. The van der Waals surface area contributed by atoms with E-state index in [2.05, 4.69) is 28.0 Å². The summed E-state index contributed by atoms with van der Waals surface area (Å²) < 4.78 is 26.2. The minimum atomic E-state index is -3.56. The lowest BCUT2D eigenvalue weighted by molar-refractivity contribution is 0.0956. The van der Waals surface area contributed by atoms with E-state index in [0.29, 0.717) is 12.1 Å². The molecule has 1 aromatic rings. The quantitative estimate of drug-likeness (QED) is 0.643. The van der Waals surface area contributed by atoms with Gasteiger partial charge in [-0.05, 0) is 37.2 Å². The monoisotopic (exact) mass is 335 g/mol. The Morgan fingerprint density at radius 2 is 2.04 bits per heavy atom. The number of carbonyl (C=O) groups excluding carboxylic acids is 1. The maximum Gasteiger partial charge on any atom is 0.251 e. The summed E-state index contributed by atoms with van der Waals surface area (Å²) in [6.45, 7) is 5.89. The molecule has 0 bridgehead atoms. The largest absolute Gasteiger partial charge is 0.348 e. The third-order valence-electron chi connectivity index (χ3n) is 3.48. The van der Waals surface area contributed by atoms with Crippen molar-refractivity contribution >= 4 is 15.9 Å². The van der Waals surface area contributed by atoms with Crippen molar-refractivity contribution in [2.45, 2.75) is 11.3 Å². The van der Waals surface area contributed by atoms with E-state index in [0.717, 1.165) is 19.5 Å². The van der Waals surface area contributed by atoms with Crippen molar-refractivity contribution in [2.24, 2.45) is 0 Å². The molecule has 0 radical (unpaired) electrons. The minimum absolute atomic E-state index is 0.122. The summed E-state index contributed by atoms with van der Waals surface area (Å²) in [5.74, 6) is -0.215. The van der Waals surface area contributed by atoms with Crippen LogP contribution in [0.2, 0.25) is 0 Å². The van der Waals surface area contributed by atoms with Crippen molar-refractivity contribution in [1.82, 2.24) is 15.4 Å². The van der Waals surface area contributed by atoms with Gasteiger partial charge in [0, 0.05) is 25.2 Å². The van der Waals surface area contributed by atoms with E-state index in [9.17, 15) is 13.2 Å². The van der Waals surface area contributed by atoms with E-state index in [4.69, 9.17) is 0 Å². The smallest absolute Gasteiger partial charge is 0.251 e. The minimum Gasteiger partial charge on any atom is -0.348 e. The number of nitrogens with one attached hydrogen (secondary N) is 3. The van der Waals surface area contributed by atoms with Crippen LogP contribution in [0.25, 0.3) is 0 Å². The maximum atomic E-state index is 12.1. The molecule has 1 amide bonds. The number of carbonyl (C=O) groups is 1. The van der Waals surface area contributed by atoms with Crippen LogP contribution < -0.4 is 15.4 Å². The molecule has 6 nitrogen and oxygen atoms in total. The summed E-state index contributed by atoms with van der Waals surface area (Å²) in [5.41, 5.74) is 1.63. The van der Waals surface area contributed by atoms with Crippen LogP contribution in [-0.4, -0.2) is 40.5 Å². The van der Waals surface area contributed by atoms with Gasteiger partial charge in [0.2, 0.25) is 10.0 Å². The first-order valence-corrected chi connectivity index (χ1v) is 8.88. The van der Waals surface area contributed by atoms with E-state index < -0.39 is 10.0 Å². The highest BCUT2D eigenvalue weighted by Crippen LogP contribution is 2.11. The van der Waals surface area contributed by atoms with Crippen LogP contribution in [0.1, 0.15) is 16.8 Å². The van der Waals surface area contributed by atoms with Crippen molar-refractivity contribution in [3.8, 4) is 0 Å². The highest BCUT2D eigenvalue weighted by molar-refractivity contribution is 7.89.